The van der Waals surface area contributed by atoms with Crippen LogP contribution >= 0.6 is 11.3 Å². The summed E-state index contributed by atoms with van der Waals surface area (Å²) in [6.45, 7) is 6.58. The molecule has 1 nitrogen and oxygen atoms in total. The van der Waals surface area contributed by atoms with E-state index in [9.17, 15) is 0 Å². The lowest BCUT2D eigenvalue weighted by molar-refractivity contribution is 0.571. The van der Waals surface area contributed by atoms with Gasteiger partial charge in [-0.1, -0.05) is 32.6 Å². The Balaban J connectivity index is 2.36. The first kappa shape index (κ1) is 12.7. The molecule has 1 aromatic heterocycles. The largest absolute Gasteiger partial charge is 0.323 e. The molecule has 0 fully saturated rings. The Labute approximate surface area is 97.7 Å². The predicted molar refractivity (Wildman–Crippen MR) is 69.5 cm³/mol. The zero-order valence-corrected chi connectivity index (χ0v) is 11.0. The van der Waals surface area contributed by atoms with Gasteiger partial charge in [0.1, 0.15) is 0 Å². The summed E-state index contributed by atoms with van der Waals surface area (Å²) >= 11 is 1.86. The van der Waals surface area contributed by atoms with E-state index in [-0.39, 0.29) is 6.04 Å². The molecule has 15 heavy (non-hydrogen) atoms. The Morgan fingerprint density at radius 1 is 1.27 bits per heavy atom. The molecule has 0 saturated carbocycles. The first-order chi connectivity index (χ1) is 7.15. The molecular weight excluding hydrogens is 202 g/mol. The highest BCUT2D eigenvalue weighted by Gasteiger charge is 2.09. The third-order valence-electron chi connectivity index (χ3n) is 2.92. The van der Waals surface area contributed by atoms with Crippen LogP contribution in [0.15, 0.2) is 6.07 Å². The van der Waals surface area contributed by atoms with Crippen LogP contribution in [0.25, 0.3) is 0 Å². The summed E-state index contributed by atoms with van der Waals surface area (Å²) in [6, 6.07) is 2.52. The maximum Gasteiger partial charge on any atom is 0.0389 e. The van der Waals surface area contributed by atoms with Gasteiger partial charge in [-0.25, -0.2) is 0 Å². The van der Waals surface area contributed by atoms with E-state index >= 15 is 0 Å². The third kappa shape index (κ3) is 3.96. The summed E-state index contributed by atoms with van der Waals surface area (Å²) < 4.78 is 0. The van der Waals surface area contributed by atoms with E-state index in [1.807, 2.05) is 11.3 Å². The summed E-state index contributed by atoms with van der Waals surface area (Å²) in [5.74, 6) is 0. The average Bonchev–Trinajstić information content (AvgIpc) is 2.54. The first-order valence-corrected chi connectivity index (χ1v) is 6.79. The quantitative estimate of drug-likeness (QED) is 0.716. The predicted octanol–water partition coefficient (Wildman–Crippen LogP) is 4.34. The number of aryl methyl sites for hydroxylation is 2. The van der Waals surface area contributed by atoms with Crippen LogP contribution in [0.1, 0.15) is 60.4 Å². The highest BCUT2D eigenvalue weighted by molar-refractivity contribution is 7.12. The number of thiophene rings is 1. The van der Waals surface area contributed by atoms with E-state index in [0.29, 0.717) is 0 Å². The van der Waals surface area contributed by atoms with Crippen LogP contribution in [0.4, 0.5) is 0 Å². The molecule has 0 saturated heterocycles. The van der Waals surface area contributed by atoms with E-state index in [1.165, 1.54) is 41.0 Å². The van der Waals surface area contributed by atoms with Crippen LogP contribution < -0.4 is 5.73 Å². The van der Waals surface area contributed by atoms with Crippen molar-refractivity contribution in [2.24, 2.45) is 5.73 Å². The standard InChI is InChI=1S/C13H23NS/c1-4-5-6-7-8-12(14)13-9-10(2)11(3)15-13/h9,12H,4-8,14H2,1-3H3. The molecule has 1 unspecified atom stereocenters. The van der Waals surface area contributed by atoms with Gasteiger partial charge in [0, 0.05) is 15.8 Å². The van der Waals surface area contributed by atoms with Crippen LogP contribution in [0.2, 0.25) is 0 Å². The van der Waals surface area contributed by atoms with Gasteiger partial charge in [0.2, 0.25) is 0 Å². The van der Waals surface area contributed by atoms with E-state index < -0.39 is 0 Å². The van der Waals surface area contributed by atoms with Crippen LogP contribution in [-0.2, 0) is 0 Å². The van der Waals surface area contributed by atoms with Crippen LogP contribution in [0, 0.1) is 13.8 Å². The number of hydrogen-bond acceptors (Lipinski definition) is 2. The lowest BCUT2D eigenvalue weighted by Gasteiger charge is -2.08. The topological polar surface area (TPSA) is 26.0 Å². The third-order valence-corrected chi connectivity index (χ3v) is 4.20. The summed E-state index contributed by atoms with van der Waals surface area (Å²) in [4.78, 5) is 2.77. The summed E-state index contributed by atoms with van der Waals surface area (Å²) in [7, 11) is 0. The van der Waals surface area contributed by atoms with E-state index in [0.717, 1.165) is 6.42 Å². The number of nitrogens with two attached hydrogens (primary N) is 1. The second-order valence-corrected chi connectivity index (χ2v) is 5.63. The fourth-order valence-electron chi connectivity index (χ4n) is 1.72. The molecule has 86 valence electrons. The molecular formula is C13H23NS. The average molecular weight is 225 g/mol. The Morgan fingerprint density at radius 3 is 2.53 bits per heavy atom. The fourth-order valence-corrected chi connectivity index (χ4v) is 2.80. The van der Waals surface area contributed by atoms with Gasteiger partial charge in [0.25, 0.3) is 0 Å². The van der Waals surface area contributed by atoms with Gasteiger partial charge >= 0.3 is 0 Å². The maximum absolute atomic E-state index is 6.17. The Bertz CT molecular complexity index is 271. The highest BCUT2D eigenvalue weighted by atomic mass is 32.1. The van der Waals surface area contributed by atoms with Crippen molar-refractivity contribution in [1.29, 1.82) is 0 Å². The van der Waals surface area contributed by atoms with Crippen LogP contribution in [-0.4, -0.2) is 0 Å². The molecule has 0 aliphatic carbocycles. The minimum absolute atomic E-state index is 0.263. The van der Waals surface area contributed by atoms with Crippen molar-refractivity contribution < 1.29 is 0 Å². The molecule has 2 N–H and O–H groups in total. The van der Waals surface area contributed by atoms with Crippen molar-refractivity contribution >= 4 is 11.3 Å². The zero-order valence-electron chi connectivity index (χ0n) is 10.2. The molecule has 1 rings (SSSR count). The summed E-state index contributed by atoms with van der Waals surface area (Å²) in [5, 5.41) is 0. The van der Waals surface area contributed by atoms with Crippen molar-refractivity contribution in [3.63, 3.8) is 0 Å². The number of unbranched alkanes of at least 4 members (excludes halogenated alkanes) is 3. The number of rotatable bonds is 6. The first-order valence-electron chi connectivity index (χ1n) is 5.97. The molecule has 1 atom stereocenters. The van der Waals surface area contributed by atoms with E-state index in [1.54, 1.807) is 0 Å². The Hall–Kier alpha value is -0.340. The minimum Gasteiger partial charge on any atom is -0.323 e. The van der Waals surface area contributed by atoms with E-state index in [2.05, 4.69) is 26.8 Å². The minimum atomic E-state index is 0.263. The Kier molecular flexibility index (Phi) is 5.34. The van der Waals surface area contributed by atoms with Gasteiger partial charge in [-0.15, -0.1) is 11.3 Å². The summed E-state index contributed by atoms with van der Waals surface area (Å²) in [6.07, 6.45) is 6.37. The second kappa shape index (κ2) is 6.29. The van der Waals surface area contributed by atoms with Crippen molar-refractivity contribution in [2.45, 2.75) is 58.9 Å². The highest BCUT2D eigenvalue weighted by Crippen LogP contribution is 2.27. The van der Waals surface area contributed by atoms with Crippen molar-refractivity contribution in [2.75, 3.05) is 0 Å². The molecule has 1 aromatic rings. The van der Waals surface area contributed by atoms with Gasteiger partial charge < -0.3 is 5.73 Å². The monoisotopic (exact) mass is 225 g/mol. The molecule has 2 heteroatoms. The molecule has 0 aliphatic heterocycles. The van der Waals surface area contributed by atoms with Crippen LogP contribution in [0.3, 0.4) is 0 Å². The maximum atomic E-state index is 6.17. The normalized spacial score (nSPS) is 13.1. The van der Waals surface area contributed by atoms with Crippen LogP contribution in [0.5, 0.6) is 0 Å². The molecule has 0 aromatic carbocycles. The lowest BCUT2D eigenvalue weighted by atomic mass is 10.1. The molecule has 0 bridgehead atoms. The molecule has 1 heterocycles. The lowest BCUT2D eigenvalue weighted by Crippen LogP contribution is -2.08. The molecule has 0 radical (unpaired) electrons. The van der Waals surface area contributed by atoms with E-state index in [4.69, 9.17) is 5.73 Å². The molecule has 0 amide bonds. The van der Waals surface area contributed by atoms with Gasteiger partial charge in [-0.3, -0.25) is 0 Å². The SMILES string of the molecule is CCCCCCC(N)c1cc(C)c(C)s1. The van der Waals surface area contributed by atoms with Gasteiger partial charge in [0.05, 0.1) is 0 Å². The summed E-state index contributed by atoms with van der Waals surface area (Å²) in [5.41, 5.74) is 7.56. The zero-order chi connectivity index (χ0) is 11.3. The van der Waals surface area contributed by atoms with Crippen molar-refractivity contribution in [3.8, 4) is 0 Å². The smallest absolute Gasteiger partial charge is 0.0389 e. The fraction of sp³-hybridized carbons (Fsp3) is 0.692. The molecule has 0 aliphatic rings. The van der Waals surface area contributed by atoms with Crippen molar-refractivity contribution in [3.05, 3.63) is 21.4 Å². The van der Waals surface area contributed by atoms with Gasteiger partial charge in [-0.05, 0) is 31.9 Å². The Morgan fingerprint density at radius 2 is 2.00 bits per heavy atom. The molecule has 0 spiro atoms. The number of hydrogen-bond donors (Lipinski definition) is 1. The van der Waals surface area contributed by atoms with Gasteiger partial charge in [0.15, 0.2) is 0 Å². The van der Waals surface area contributed by atoms with Crippen molar-refractivity contribution in [1.82, 2.24) is 0 Å². The second-order valence-electron chi connectivity index (χ2n) is 4.34. The van der Waals surface area contributed by atoms with Gasteiger partial charge in [-0.2, -0.15) is 0 Å².